The third-order valence-electron chi connectivity index (χ3n) is 7.35. The lowest BCUT2D eigenvalue weighted by atomic mass is 9.78. The lowest BCUT2D eigenvalue weighted by Gasteiger charge is -2.29. The van der Waals surface area contributed by atoms with Crippen LogP contribution in [0.3, 0.4) is 0 Å². The summed E-state index contributed by atoms with van der Waals surface area (Å²) in [5.74, 6) is 0.444. The Morgan fingerprint density at radius 3 is 1.90 bits per heavy atom. The van der Waals surface area contributed by atoms with E-state index in [0.29, 0.717) is 5.75 Å². The number of aromatic hydroxyl groups is 1. The maximum atomic E-state index is 11.1. The van der Waals surface area contributed by atoms with Crippen molar-refractivity contribution in [2.75, 3.05) is 16.8 Å². The molecule has 210 valence electrons. The van der Waals surface area contributed by atoms with Crippen molar-refractivity contribution >= 4 is 17.1 Å². The second-order valence-corrected chi connectivity index (χ2v) is 12.9. The minimum absolute atomic E-state index is 0.127. The van der Waals surface area contributed by atoms with E-state index < -0.39 is 0 Å². The molecule has 0 aliphatic rings. The minimum Gasteiger partial charge on any atom is -0.507 e. The molecule has 0 heterocycles. The smallest absolute Gasteiger partial charge is 0.123 e. The molecular weight excluding hydrogens is 476 g/mol. The molecule has 0 aliphatic carbocycles. The van der Waals surface area contributed by atoms with Gasteiger partial charge in [-0.25, -0.2) is 0 Å². The molecule has 0 amide bonds. The highest BCUT2D eigenvalue weighted by Crippen LogP contribution is 2.40. The largest absolute Gasteiger partial charge is 0.507 e. The Labute approximate surface area is 238 Å². The molecule has 0 atom stereocenters. The monoisotopic (exact) mass is 526 g/mol. The normalized spacial score (nSPS) is 11.9. The second kappa shape index (κ2) is 13.2. The number of aryl methyl sites for hydroxylation is 1. The highest BCUT2D eigenvalue weighted by atomic mass is 16.3. The van der Waals surface area contributed by atoms with E-state index in [2.05, 4.69) is 114 Å². The first kappa shape index (κ1) is 30.3. The molecule has 3 nitrogen and oxygen atoms in total. The second-order valence-electron chi connectivity index (χ2n) is 12.9. The number of allylic oxidation sites excluding steroid dienone is 1. The molecule has 0 unspecified atom stereocenters. The highest BCUT2D eigenvalue weighted by Gasteiger charge is 2.26. The molecule has 3 rings (SSSR count). The predicted molar refractivity (Wildman–Crippen MR) is 171 cm³/mol. The van der Waals surface area contributed by atoms with E-state index in [-0.39, 0.29) is 10.8 Å². The van der Waals surface area contributed by atoms with Crippen molar-refractivity contribution in [2.45, 2.75) is 97.8 Å². The van der Waals surface area contributed by atoms with Crippen LogP contribution >= 0.6 is 0 Å². The zero-order chi connectivity index (χ0) is 28.6. The molecule has 0 aliphatic heterocycles. The van der Waals surface area contributed by atoms with Gasteiger partial charge < -0.3 is 15.3 Å². The Morgan fingerprint density at radius 1 is 0.795 bits per heavy atom. The predicted octanol–water partition coefficient (Wildman–Crippen LogP) is 10.3. The average Bonchev–Trinajstić information content (AvgIpc) is 2.88. The number of benzene rings is 3. The van der Waals surface area contributed by atoms with Gasteiger partial charge in [0.1, 0.15) is 5.75 Å². The van der Waals surface area contributed by atoms with Gasteiger partial charge in [0.05, 0.1) is 0 Å². The van der Waals surface area contributed by atoms with Crippen molar-refractivity contribution in [3.8, 4) is 5.75 Å². The van der Waals surface area contributed by atoms with Crippen molar-refractivity contribution in [1.29, 1.82) is 0 Å². The van der Waals surface area contributed by atoms with Crippen molar-refractivity contribution in [3.05, 3.63) is 95.7 Å². The fourth-order valence-corrected chi connectivity index (χ4v) is 4.98. The quantitative estimate of drug-likeness (QED) is 0.230. The van der Waals surface area contributed by atoms with E-state index in [0.717, 1.165) is 54.0 Å². The van der Waals surface area contributed by atoms with Gasteiger partial charge in [-0.05, 0) is 83.2 Å². The van der Waals surface area contributed by atoms with Crippen LogP contribution in [0.1, 0.15) is 97.3 Å². The maximum Gasteiger partial charge on any atom is 0.123 e. The molecule has 3 aromatic rings. The van der Waals surface area contributed by atoms with Crippen molar-refractivity contribution < 1.29 is 5.11 Å². The molecule has 2 N–H and O–H groups in total. The summed E-state index contributed by atoms with van der Waals surface area (Å²) in [5, 5.41) is 14.6. The van der Waals surface area contributed by atoms with Gasteiger partial charge in [-0.1, -0.05) is 105 Å². The Kier molecular flexibility index (Phi) is 10.3. The zero-order valence-corrected chi connectivity index (χ0v) is 25.4. The number of unbranched alkanes of at least 4 members (excludes halogenated alkanes) is 3. The Morgan fingerprint density at radius 2 is 1.36 bits per heavy atom. The molecule has 3 heteroatoms. The highest BCUT2D eigenvalue weighted by molar-refractivity contribution is 5.64. The number of rotatable bonds is 12. The van der Waals surface area contributed by atoms with E-state index >= 15 is 0 Å². The molecule has 0 spiro atoms. The van der Waals surface area contributed by atoms with Gasteiger partial charge in [-0.2, -0.15) is 0 Å². The van der Waals surface area contributed by atoms with E-state index in [1.54, 1.807) is 0 Å². The molecule has 0 saturated carbocycles. The topological polar surface area (TPSA) is 35.5 Å². The summed E-state index contributed by atoms with van der Waals surface area (Å²) in [5.41, 5.74) is 7.54. The van der Waals surface area contributed by atoms with Crippen molar-refractivity contribution in [1.82, 2.24) is 0 Å². The molecule has 0 radical (unpaired) electrons. The number of hydrogen-bond donors (Lipinski definition) is 2. The van der Waals surface area contributed by atoms with Gasteiger partial charge in [0.15, 0.2) is 0 Å². The van der Waals surface area contributed by atoms with Gasteiger partial charge in [-0.3, -0.25) is 0 Å². The first-order valence-electron chi connectivity index (χ1n) is 14.6. The van der Waals surface area contributed by atoms with Crippen LogP contribution in [-0.4, -0.2) is 11.7 Å². The van der Waals surface area contributed by atoms with Crippen molar-refractivity contribution in [3.63, 3.8) is 0 Å². The number of phenolic OH excluding ortho intramolecular Hbond substituents is 1. The number of para-hydroxylation sites is 1. The standard InChI is InChI=1S/C36H50N2O/c1-9-10-11-15-24-38(31-22-20-30(21-23-31)37-29-16-13-12-14-17-29)27(2)18-19-28-25-32(35(3,4)5)34(39)33(26-28)36(6,7)8/h12-14,16-17,20-23,25-26,37,39H,2,9-11,15,18-19,24H2,1,3-8H3. The van der Waals surface area contributed by atoms with Crippen LogP contribution in [0.25, 0.3) is 0 Å². The first-order chi connectivity index (χ1) is 18.4. The summed E-state index contributed by atoms with van der Waals surface area (Å²) in [6.07, 6.45) is 6.64. The maximum absolute atomic E-state index is 11.1. The molecular formula is C36H50N2O. The fourth-order valence-electron chi connectivity index (χ4n) is 4.98. The number of hydrogen-bond acceptors (Lipinski definition) is 3. The number of anilines is 3. The summed E-state index contributed by atoms with van der Waals surface area (Å²) in [7, 11) is 0. The SMILES string of the molecule is C=C(CCc1cc(C(C)(C)C)c(O)c(C(C)(C)C)c1)N(CCCCCC)c1ccc(Nc2ccccc2)cc1. The van der Waals surface area contributed by atoms with E-state index in [9.17, 15) is 5.11 Å². The lowest BCUT2D eigenvalue weighted by Crippen LogP contribution is -2.24. The first-order valence-corrected chi connectivity index (χ1v) is 14.6. The van der Waals surface area contributed by atoms with Gasteiger partial charge in [0, 0.05) is 29.3 Å². The molecule has 0 saturated heterocycles. The van der Waals surface area contributed by atoms with Crippen LogP contribution < -0.4 is 10.2 Å². The summed E-state index contributed by atoms with van der Waals surface area (Å²) < 4.78 is 0. The van der Waals surface area contributed by atoms with Gasteiger partial charge >= 0.3 is 0 Å². The number of phenols is 1. The number of nitrogens with zero attached hydrogens (tertiary/aromatic N) is 1. The molecule has 0 bridgehead atoms. The van der Waals surface area contributed by atoms with Crippen LogP contribution in [-0.2, 0) is 17.3 Å². The molecule has 0 fully saturated rings. The van der Waals surface area contributed by atoms with Crippen LogP contribution in [0.4, 0.5) is 17.1 Å². The molecule has 0 aromatic heterocycles. The van der Waals surface area contributed by atoms with Crippen LogP contribution in [0.15, 0.2) is 79.0 Å². The zero-order valence-electron chi connectivity index (χ0n) is 25.4. The van der Waals surface area contributed by atoms with Crippen LogP contribution in [0.5, 0.6) is 5.75 Å². The fraction of sp³-hybridized carbons (Fsp3) is 0.444. The Balaban J connectivity index is 1.80. The third kappa shape index (κ3) is 8.65. The summed E-state index contributed by atoms with van der Waals surface area (Å²) in [6, 6.07) is 23.4. The van der Waals surface area contributed by atoms with Gasteiger partial charge in [-0.15, -0.1) is 0 Å². The number of nitrogens with one attached hydrogen (secondary N) is 1. The van der Waals surface area contributed by atoms with Crippen LogP contribution in [0, 0.1) is 0 Å². The Bertz CT molecular complexity index is 1160. The molecule has 3 aromatic carbocycles. The summed E-state index contributed by atoms with van der Waals surface area (Å²) >= 11 is 0. The van der Waals surface area contributed by atoms with Gasteiger partial charge in [0.25, 0.3) is 0 Å². The van der Waals surface area contributed by atoms with Crippen molar-refractivity contribution in [2.24, 2.45) is 0 Å². The van der Waals surface area contributed by atoms with E-state index in [1.165, 1.54) is 30.5 Å². The van der Waals surface area contributed by atoms with Crippen LogP contribution in [0.2, 0.25) is 0 Å². The summed E-state index contributed by atoms with van der Waals surface area (Å²) in [6.45, 7) is 20.8. The third-order valence-corrected chi connectivity index (χ3v) is 7.35. The van der Waals surface area contributed by atoms with E-state index in [4.69, 9.17) is 0 Å². The Hall–Kier alpha value is -3.20. The van der Waals surface area contributed by atoms with Gasteiger partial charge in [0.2, 0.25) is 0 Å². The average molecular weight is 527 g/mol. The lowest BCUT2D eigenvalue weighted by molar-refractivity contribution is 0.422. The minimum atomic E-state index is -0.127. The molecule has 39 heavy (non-hydrogen) atoms. The summed E-state index contributed by atoms with van der Waals surface area (Å²) in [4.78, 5) is 2.40. The van der Waals surface area contributed by atoms with E-state index in [1.807, 2.05) is 18.2 Å².